The summed E-state index contributed by atoms with van der Waals surface area (Å²) in [6.07, 6.45) is 0.755. The van der Waals surface area contributed by atoms with Gasteiger partial charge in [-0.1, -0.05) is 70.2 Å². The molecular weight excluding hydrogens is 494 g/mol. The predicted molar refractivity (Wildman–Crippen MR) is 153 cm³/mol. The van der Waals surface area contributed by atoms with Crippen molar-refractivity contribution in [3.05, 3.63) is 64.7 Å². The van der Waals surface area contributed by atoms with Gasteiger partial charge in [-0.3, -0.25) is 9.59 Å². The molecule has 0 spiro atoms. The lowest BCUT2D eigenvalue weighted by molar-refractivity contribution is -0.130. The summed E-state index contributed by atoms with van der Waals surface area (Å²) in [7, 11) is 0. The highest BCUT2D eigenvalue weighted by molar-refractivity contribution is 5.91. The molecule has 0 saturated carbocycles. The molecule has 0 fully saturated rings. The van der Waals surface area contributed by atoms with E-state index in [-0.39, 0.29) is 36.1 Å². The summed E-state index contributed by atoms with van der Waals surface area (Å²) in [5.74, 6) is -0.120. The van der Waals surface area contributed by atoms with Crippen molar-refractivity contribution in [1.29, 1.82) is 0 Å². The first-order valence-corrected chi connectivity index (χ1v) is 13.7. The van der Waals surface area contributed by atoms with Crippen LogP contribution in [0.3, 0.4) is 0 Å². The van der Waals surface area contributed by atoms with Crippen LogP contribution < -0.4 is 16.0 Å². The fraction of sp³-hybridized carbons (Fsp3) is 0.516. The van der Waals surface area contributed by atoms with Crippen molar-refractivity contribution in [2.24, 2.45) is 11.8 Å². The van der Waals surface area contributed by atoms with Gasteiger partial charge in [0.15, 0.2) is 0 Å². The third-order valence-corrected chi connectivity index (χ3v) is 6.35. The standard InChI is InChI=1S/C31H45N3O5/c1-19(2)13-26(29(36)32-23(7)17-25-15-21(5)28(35)22(6)16-25)33-30(37)27(14-20(3)4)34-31(38)39-18-24-11-9-8-10-12-24/h8-12,15-16,19-20,23,26-27,35H,13-14,17-18H2,1-7H3,(H,32,36)(H,33,37)(H,34,38)/t23-,26+,27+/m1/s1. The van der Waals surface area contributed by atoms with Gasteiger partial charge in [-0.05, 0) is 74.1 Å². The van der Waals surface area contributed by atoms with Gasteiger partial charge in [0.2, 0.25) is 11.8 Å². The van der Waals surface area contributed by atoms with Crippen LogP contribution in [0.25, 0.3) is 0 Å². The van der Waals surface area contributed by atoms with Crippen molar-refractivity contribution in [3.8, 4) is 5.75 Å². The summed E-state index contributed by atoms with van der Waals surface area (Å²) in [6.45, 7) is 13.6. The summed E-state index contributed by atoms with van der Waals surface area (Å²) >= 11 is 0. The molecule has 0 aromatic heterocycles. The first-order valence-electron chi connectivity index (χ1n) is 13.7. The largest absolute Gasteiger partial charge is 0.507 e. The number of hydrogen-bond donors (Lipinski definition) is 4. The van der Waals surface area contributed by atoms with Crippen LogP contribution in [0.2, 0.25) is 0 Å². The smallest absolute Gasteiger partial charge is 0.408 e. The van der Waals surface area contributed by atoms with Gasteiger partial charge in [-0.25, -0.2) is 4.79 Å². The van der Waals surface area contributed by atoms with E-state index >= 15 is 0 Å². The Balaban J connectivity index is 2.04. The fourth-order valence-corrected chi connectivity index (χ4v) is 4.50. The molecule has 0 radical (unpaired) electrons. The van der Waals surface area contributed by atoms with Crippen LogP contribution in [0.15, 0.2) is 42.5 Å². The Hall–Kier alpha value is -3.55. The normalized spacial score (nSPS) is 13.5. The van der Waals surface area contributed by atoms with Crippen molar-refractivity contribution in [1.82, 2.24) is 16.0 Å². The maximum absolute atomic E-state index is 13.3. The molecule has 0 unspecified atom stereocenters. The summed E-state index contributed by atoms with van der Waals surface area (Å²) in [4.78, 5) is 39.0. The van der Waals surface area contributed by atoms with Crippen LogP contribution in [-0.2, 0) is 27.4 Å². The molecule has 0 saturated heterocycles. The molecule has 0 aliphatic rings. The number of nitrogens with one attached hydrogen (secondary N) is 3. The second-order valence-corrected chi connectivity index (χ2v) is 11.3. The molecule has 214 valence electrons. The molecule has 4 N–H and O–H groups in total. The minimum Gasteiger partial charge on any atom is -0.507 e. The van der Waals surface area contributed by atoms with Crippen molar-refractivity contribution in [2.75, 3.05) is 0 Å². The van der Waals surface area contributed by atoms with Crippen molar-refractivity contribution in [2.45, 2.75) is 92.5 Å². The van der Waals surface area contributed by atoms with E-state index in [1.54, 1.807) is 0 Å². The number of aromatic hydroxyl groups is 1. The Labute approximate surface area is 232 Å². The van der Waals surface area contributed by atoms with E-state index in [0.717, 1.165) is 22.3 Å². The van der Waals surface area contributed by atoms with E-state index in [4.69, 9.17) is 4.74 Å². The number of hydrogen-bond acceptors (Lipinski definition) is 5. The predicted octanol–water partition coefficient (Wildman–Crippen LogP) is 4.93. The monoisotopic (exact) mass is 539 g/mol. The zero-order chi connectivity index (χ0) is 29.1. The van der Waals surface area contributed by atoms with E-state index in [2.05, 4.69) is 16.0 Å². The van der Waals surface area contributed by atoms with Crippen LogP contribution >= 0.6 is 0 Å². The number of alkyl carbamates (subject to hydrolysis) is 1. The van der Waals surface area contributed by atoms with Gasteiger partial charge in [0.05, 0.1) is 0 Å². The highest BCUT2D eigenvalue weighted by Gasteiger charge is 2.29. The number of amides is 3. The number of phenols is 1. The Morgan fingerprint density at radius 1 is 0.769 bits per heavy atom. The molecule has 0 bridgehead atoms. The minimum atomic E-state index is -0.837. The lowest BCUT2D eigenvalue weighted by Crippen LogP contribution is -2.55. The summed E-state index contributed by atoms with van der Waals surface area (Å²) in [6, 6.07) is 11.4. The Morgan fingerprint density at radius 2 is 1.28 bits per heavy atom. The topological polar surface area (TPSA) is 117 Å². The molecule has 39 heavy (non-hydrogen) atoms. The van der Waals surface area contributed by atoms with E-state index in [9.17, 15) is 19.5 Å². The highest BCUT2D eigenvalue weighted by Crippen LogP contribution is 2.23. The van der Waals surface area contributed by atoms with E-state index in [0.29, 0.717) is 19.3 Å². The van der Waals surface area contributed by atoms with Crippen molar-refractivity contribution in [3.63, 3.8) is 0 Å². The van der Waals surface area contributed by atoms with E-state index in [1.807, 2.05) is 90.9 Å². The second-order valence-electron chi connectivity index (χ2n) is 11.3. The zero-order valence-corrected chi connectivity index (χ0v) is 24.3. The Morgan fingerprint density at radius 3 is 1.82 bits per heavy atom. The van der Waals surface area contributed by atoms with Crippen LogP contribution in [0, 0.1) is 25.7 Å². The zero-order valence-electron chi connectivity index (χ0n) is 24.3. The third kappa shape index (κ3) is 11.0. The van der Waals surface area contributed by atoms with Crippen LogP contribution in [-0.4, -0.2) is 41.1 Å². The maximum atomic E-state index is 13.3. The lowest BCUT2D eigenvalue weighted by Gasteiger charge is -2.26. The van der Waals surface area contributed by atoms with Crippen LogP contribution in [0.5, 0.6) is 5.75 Å². The third-order valence-electron chi connectivity index (χ3n) is 6.35. The molecule has 2 aromatic rings. The fourth-order valence-electron chi connectivity index (χ4n) is 4.50. The van der Waals surface area contributed by atoms with Gasteiger partial charge in [0, 0.05) is 6.04 Å². The number of rotatable bonds is 13. The van der Waals surface area contributed by atoms with E-state index in [1.165, 1.54) is 0 Å². The molecule has 3 amide bonds. The molecule has 0 aliphatic carbocycles. The van der Waals surface area contributed by atoms with Gasteiger partial charge in [-0.15, -0.1) is 0 Å². The van der Waals surface area contributed by atoms with E-state index < -0.39 is 24.1 Å². The summed E-state index contributed by atoms with van der Waals surface area (Å²) in [5, 5.41) is 18.6. The number of phenolic OH excluding ortho intramolecular Hbond substituents is 1. The molecule has 0 aliphatic heterocycles. The first-order chi connectivity index (χ1) is 18.3. The van der Waals surface area contributed by atoms with Crippen molar-refractivity contribution < 1.29 is 24.2 Å². The number of carbonyl (C=O) groups excluding carboxylic acids is 3. The SMILES string of the molecule is Cc1cc(C[C@@H](C)NC(=O)[C@H](CC(C)C)NC(=O)[C@H](CC(C)C)NC(=O)OCc2ccccc2)cc(C)c1O. The van der Waals surface area contributed by atoms with Gasteiger partial charge in [-0.2, -0.15) is 0 Å². The van der Waals surface area contributed by atoms with Crippen molar-refractivity contribution >= 4 is 17.9 Å². The minimum absolute atomic E-state index is 0.0963. The molecule has 2 aromatic carbocycles. The average Bonchev–Trinajstić information content (AvgIpc) is 2.85. The molecule has 3 atom stereocenters. The highest BCUT2D eigenvalue weighted by atomic mass is 16.5. The molecule has 0 heterocycles. The van der Waals surface area contributed by atoms with Crippen LogP contribution in [0.4, 0.5) is 4.79 Å². The Kier molecular flexibility index (Phi) is 12.3. The summed E-state index contributed by atoms with van der Waals surface area (Å²) in [5.41, 5.74) is 3.44. The molecular formula is C31H45N3O5. The molecule has 2 rings (SSSR count). The molecule has 8 heteroatoms. The molecule has 8 nitrogen and oxygen atoms in total. The first kappa shape index (κ1) is 31.7. The van der Waals surface area contributed by atoms with Gasteiger partial charge < -0.3 is 25.8 Å². The second kappa shape index (κ2) is 15.1. The van der Waals surface area contributed by atoms with Gasteiger partial charge >= 0.3 is 6.09 Å². The Bertz CT molecular complexity index is 1080. The summed E-state index contributed by atoms with van der Waals surface area (Å²) < 4.78 is 5.32. The number of benzene rings is 2. The quantitative estimate of drug-likeness (QED) is 0.288. The van der Waals surface area contributed by atoms with Gasteiger partial charge in [0.25, 0.3) is 0 Å². The number of aryl methyl sites for hydroxylation is 2. The number of carbonyl (C=O) groups is 3. The van der Waals surface area contributed by atoms with Gasteiger partial charge in [0.1, 0.15) is 24.4 Å². The maximum Gasteiger partial charge on any atom is 0.408 e. The average molecular weight is 540 g/mol. The number of ether oxygens (including phenoxy) is 1. The lowest BCUT2D eigenvalue weighted by atomic mass is 9.99. The van der Waals surface area contributed by atoms with Crippen LogP contribution in [0.1, 0.15) is 69.7 Å².